The molecule has 0 unspecified atom stereocenters. The van der Waals surface area contributed by atoms with Crippen molar-refractivity contribution in [1.29, 1.82) is 0 Å². The highest BCUT2D eigenvalue weighted by Gasteiger charge is 2.17. The molecule has 0 aliphatic carbocycles. The molecule has 0 saturated heterocycles. The van der Waals surface area contributed by atoms with Crippen molar-refractivity contribution in [2.45, 2.75) is 13.8 Å². The molecule has 3 aromatic rings. The van der Waals surface area contributed by atoms with E-state index in [2.05, 4.69) is 10.6 Å². The number of rotatable bonds is 4. The lowest BCUT2D eigenvalue weighted by atomic mass is 10.1. The Hall–Kier alpha value is -2.38. The van der Waals surface area contributed by atoms with E-state index >= 15 is 0 Å². The van der Waals surface area contributed by atoms with Gasteiger partial charge in [-0.1, -0.05) is 46.9 Å². The average molecular weight is 498 g/mol. The van der Waals surface area contributed by atoms with Crippen LogP contribution in [0.15, 0.2) is 48.5 Å². The normalized spacial score (nSPS) is 10.5. The molecule has 0 spiro atoms. The highest BCUT2D eigenvalue weighted by Crippen LogP contribution is 2.41. The van der Waals surface area contributed by atoms with Crippen molar-refractivity contribution in [2.24, 2.45) is 0 Å². The Morgan fingerprint density at radius 3 is 2.45 bits per heavy atom. The fourth-order valence-electron chi connectivity index (χ4n) is 2.74. The molecule has 31 heavy (non-hydrogen) atoms. The highest BCUT2D eigenvalue weighted by molar-refractivity contribution is 7.80. The number of aryl methyl sites for hydroxylation is 1. The Morgan fingerprint density at radius 2 is 1.77 bits per heavy atom. The minimum Gasteiger partial charge on any atom is -0.454 e. The standard InChI is InChI=1S/C22H16Cl3FN2O2S/c1-11-9-17(27-22(31)28-21(29)14-5-3-4-6-16(14)26)12(2)19(25)20(11)30-18-8-7-13(23)10-15(18)24/h3-10H,1-2H3,(H2,27,28,29,31). The van der Waals surface area contributed by atoms with Crippen LogP contribution in [0.5, 0.6) is 11.5 Å². The number of anilines is 1. The number of hydrogen-bond acceptors (Lipinski definition) is 3. The van der Waals surface area contributed by atoms with Crippen LogP contribution >= 0.6 is 47.0 Å². The molecule has 0 fully saturated rings. The molecule has 160 valence electrons. The van der Waals surface area contributed by atoms with Gasteiger partial charge >= 0.3 is 0 Å². The van der Waals surface area contributed by atoms with Crippen molar-refractivity contribution in [2.75, 3.05) is 5.32 Å². The molecule has 0 aliphatic rings. The number of benzene rings is 3. The molecule has 0 aromatic heterocycles. The van der Waals surface area contributed by atoms with Gasteiger partial charge in [0.15, 0.2) is 5.11 Å². The number of thiocarbonyl (C=S) groups is 1. The first-order valence-corrected chi connectivity index (χ1v) is 10.5. The van der Waals surface area contributed by atoms with Gasteiger partial charge < -0.3 is 10.1 Å². The van der Waals surface area contributed by atoms with Crippen LogP contribution in [-0.4, -0.2) is 11.0 Å². The van der Waals surface area contributed by atoms with E-state index in [9.17, 15) is 9.18 Å². The molecule has 0 saturated carbocycles. The zero-order valence-corrected chi connectivity index (χ0v) is 19.4. The van der Waals surface area contributed by atoms with Crippen molar-refractivity contribution in [3.8, 4) is 11.5 Å². The number of amides is 1. The van der Waals surface area contributed by atoms with Gasteiger partial charge in [0.2, 0.25) is 0 Å². The van der Waals surface area contributed by atoms with Crippen LogP contribution < -0.4 is 15.4 Å². The van der Waals surface area contributed by atoms with E-state index in [-0.39, 0.29) is 10.7 Å². The van der Waals surface area contributed by atoms with Crippen molar-refractivity contribution in [3.05, 3.63) is 86.1 Å². The molecular weight excluding hydrogens is 482 g/mol. The van der Waals surface area contributed by atoms with Crippen molar-refractivity contribution >= 4 is 63.7 Å². The molecule has 3 aromatic carbocycles. The van der Waals surface area contributed by atoms with Crippen LogP contribution in [0.4, 0.5) is 10.1 Å². The van der Waals surface area contributed by atoms with E-state index in [1.165, 1.54) is 18.2 Å². The van der Waals surface area contributed by atoms with Crippen LogP contribution in [0, 0.1) is 19.7 Å². The molecule has 4 nitrogen and oxygen atoms in total. The number of halogens is 4. The zero-order valence-electron chi connectivity index (χ0n) is 16.4. The minimum absolute atomic E-state index is 0.00114. The SMILES string of the molecule is Cc1cc(NC(=S)NC(=O)c2ccccc2F)c(C)c(Cl)c1Oc1ccc(Cl)cc1Cl. The summed E-state index contributed by atoms with van der Waals surface area (Å²) in [6, 6.07) is 12.3. The number of ether oxygens (including phenoxy) is 1. The molecule has 3 rings (SSSR count). The van der Waals surface area contributed by atoms with E-state index in [1.54, 1.807) is 44.2 Å². The van der Waals surface area contributed by atoms with Crippen molar-refractivity contribution in [1.82, 2.24) is 5.32 Å². The van der Waals surface area contributed by atoms with Gasteiger partial charge in [-0.3, -0.25) is 10.1 Å². The topological polar surface area (TPSA) is 50.4 Å². The third kappa shape index (κ3) is 5.46. The number of nitrogens with one attached hydrogen (secondary N) is 2. The maximum Gasteiger partial charge on any atom is 0.260 e. The van der Waals surface area contributed by atoms with Crippen molar-refractivity contribution < 1.29 is 13.9 Å². The van der Waals surface area contributed by atoms with Gasteiger partial charge in [0, 0.05) is 10.7 Å². The van der Waals surface area contributed by atoms with Crippen LogP contribution in [0.2, 0.25) is 15.1 Å². The Labute approximate surface area is 199 Å². The molecule has 0 atom stereocenters. The Balaban J connectivity index is 1.79. The maximum absolute atomic E-state index is 13.8. The molecule has 0 radical (unpaired) electrons. The Bertz CT molecular complexity index is 1190. The third-order valence-electron chi connectivity index (χ3n) is 4.35. The second-order valence-electron chi connectivity index (χ2n) is 6.57. The number of carbonyl (C=O) groups excluding carboxylic acids is 1. The van der Waals surface area contributed by atoms with E-state index in [0.717, 1.165) is 0 Å². The fourth-order valence-corrected chi connectivity index (χ4v) is 3.68. The summed E-state index contributed by atoms with van der Waals surface area (Å²) in [5, 5.41) is 6.55. The van der Waals surface area contributed by atoms with Gasteiger partial charge in [0.1, 0.15) is 17.3 Å². The van der Waals surface area contributed by atoms with E-state index in [1.807, 2.05) is 0 Å². The van der Waals surface area contributed by atoms with Gasteiger partial charge in [0.25, 0.3) is 5.91 Å². The highest BCUT2D eigenvalue weighted by atomic mass is 35.5. The van der Waals surface area contributed by atoms with Gasteiger partial charge in [-0.15, -0.1) is 0 Å². The van der Waals surface area contributed by atoms with Crippen LogP contribution in [0.25, 0.3) is 0 Å². The summed E-state index contributed by atoms with van der Waals surface area (Å²) in [7, 11) is 0. The van der Waals surface area contributed by atoms with E-state index < -0.39 is 11.7 Å². The average Bonchev–Trinajstić information content (AvgIpc) is 2.70. The lowest BCUT2D eigenvalue weighted by Crippen LogP contribution is -2.34. The zero-order chi connectivity index (χ0) is 22.7. The Kier molecular flexibility index (Phi) is 7.38. The van der Waals surface area contributed by atoms with Crippen molar-refractivity contribution in [3.63, 3.8) is 0 Å². The van der Waals surface area contributed by atoms with Gasteiger partial charge in [0.05, 0.1) is 15.6 Å². The summed E-state index contributed by atoms with van der Waals surface area (Å²) in [5.41, 5.74) is 1.79. The van der Waals surface area contributed by atoms with Gasteiger partial charge in [-0.05, 0) is 73.6 Å². The van der Waals surface area contributed by atoms with E-state index in [0.29, 0.717) is 43.4 Å². The molecular formula is C22H16Cl3FN2O2S. The lowest BCUT2D eigenvalue weighted by molar-refractivity contribution is 0.0974. The summed E-state index contributed by atoms with van der Waals surface area (Å²) in [6.07, 6.45) is 0. The summed E-state index contributed by atoms with van der Waals surface area (Å²) in [5.74, 6) is -0.465. The fraction of sp³-hybridized carbons (Fsp3) is 0.0909. The van der Waals surface area contributed by atoms with Crippen LogP contribution in [0.1, 0.15) is 21.5 Å². The molecule has 0 heterocycles. The number of hydrogen-bond donors (Lipinski definition) is 2. The first-order chi connectivity index (χ1) is 14.7. The van der Waals surface area contributed by atoms with E-state index in [4.69, 9.17) is 51.8 Å². The first kappa shape index (κ1) is 23.3. The summed E-state index contributed by atoms with van der Waals surface area (Å²) >= 11 is 23.8. The quantitative estimate of drug-likeness (QED) is 0.371. The summed E-state index contributed by atoms with van der Waals surface area (Å²) in [6.45, 7) is 3.57. The molecule has 0 aliphatic heterocycles. The monoisotopic (exact) mass is 496 g/mol. The van der Waals surface area contributed by atoms with Gasteiger partial charge in [-0.25, -0.2) is 4.39 Å². The molecule has 9 heteroatoms. The molecule has 1 amide bonds. The predicted octanol–water partition coefficient (Wildman–Crippen LogP) is 7.32. The Morgan fingerprint density at radius 1 is 1.06 bits per heavy atom. The number of carbonyl (C=O) groups is 1. The van der Waals surface area contributed by atoms with Crippen LogP contribution in [0.3, 0.4) is 0 Å². The summed E-state index contributed by atoms with van der Waals surface area (Å²) in [4.78, 5) is 12.3. The summed E-state index contributed by atoms with van der Waals surface area (Å²) < 4.78 is 19.7. The predicted molar refractivity (Wildman–Crippen MR) is 128 cm³/mol. The second-order valence-corrected chi connectivity index (χ2v) is 8.20. The lowest BCUT2D eigenvalue weighted by Gasteiger charge is -2.18. The minimum atomic E-state index is -0.659. The first-order valence-electron chi connectivity index (χ1n) is 8.97. The smallest absolute Gasteiger partial charge is 0.260 e. The second kappa shape index (κ2) is 9.83. The largest absolute Gasteiger partial charge is 0.454 e. The third-order valence-corrected chi connectivity index (χ3v) is 5.54. The molecule has 2 N–H and O–H groups in total. The maximum atomic E-state index is 13.8. The van der Waals surface area contributed by atoms with Crippen LogP contribution in [-0.2, 0) is 0 Å². The van der Waals surface area contributed by atoms with Gasteiger partial charge in [-0.2, -0.15) is 0 Å². The molecule has 0 bridgehead atoms.